The summed E-state index contributed by atoms with van der Waals surface area (Å²) in [6, 6.07) is 20.6. The van der Waals surface area contributed by atoms with Gasteiger partial charge in [-0.1, -0.05) is 18.2 Å². The molecule has 0 aliphatic rings. The first kappa shape index (κ1) is 14.1. The van der Waals surface area contributed by atoms with Crippen molar-refractivity contribution in [3.05, 3.63) is 66.7 Å². The van der Waals surface area contributed by atoms with Crippen LogP contribution in [0.4, 0.5) is 21.9 Å². The van der Waals surface area contributed by atoms with Crippen molar-refractivity contribution in [1.82, 2.24) is 4.98 Å². The van der Waals surface area contributed by atoms with Crippen molar-refractivity contribution < 1.29 is 4.79 Å². The fourth-order valence-corrected chi connectivity index (χ4v) is 2.79. The minimum Gasteiger partial charge on any atom is -0.399 e. The van der Waals surface area contributed by atoms with Gasteiger partial charge in [0.2, 0.25) is 0 Å². The fourth-order valence-electron chi connectivity index (χ4n) is 2.79. The van der Waals surface area contributed by atoms with E-state index in [1.165, 1.54) is 0 Å². The number of nitrogens with two attached hydrogens (primary N) is 1. The Labute approximate surface area is 138 Å². The number of H-pyrrole nitrogens is 1. The molecule has 0 spiro atoms. The van der Waals surface area contributed by atoms with Gasteiger partial charge in [0.15, 0.2) is 0 Å². The van der Waals surface area contributed by atoms with Gasteiger partial charge in [0.05, 0.1) is 0 Å². The number of para-hydroxylation sites is 1. The molecule has 0 saturated heterocycles. The Balaban J connectivity index is 1.58. The Morgan fingerprint density at radius 2 is 1.46 bits per heavy atom. The first-order valence-electron chi connectivity index (χ1n) is 7.63. The highest BCUT2D eigenvalue weighted by molar-refractivity contribution is 6.09. The van der Waals surface area contributed by atoms with E-state index in [0.29, 0.717) is 11.4 Å². The SMILES string of the molecule is Nc1ccc(NC(=O)Nc2ccc3[nH]c4ccccc4c3c2)cc1. The van der Waals surface area contributed by atoms with Crippen molar-refractivity contribution >= 4 is 44.9 Å². The standard InChI is InChI=1S/C19H16N4O/c20-12-5-7-13(8-6-12)21-19(24)22-14-9-10-18-16(11-14)15-3-1-2-4-17(15)23-18/h1-11,23H,20H2,(H2,21,22,24). The molecule has 0 aliphatic heterocycles. The highest BCUT2D eigenvalue weighted by Crippen LogP contribution is 2.27. The van der Waals surface area contributed by atoms with Crippen molar-refractivity contribution in [3.63, 3.8) is 0 Å². The van der Waals surface area contributed by atoms with E-state index in [2.05, 4.69) is 21.7 Å². The molecule has 0 radical (unpaired) electrons. The van der Waals surface area contributed by atoms with Crippen LogP contribution in [0.2, 0.25) is 0 Å². The van der Waals surface area contributed by atoms with Crippen LogP contribution in [0.25, 0.3) is 21.8 Å². The second kappa shape index (κ2) is 5.62. The number of carbonyl (C=O) groups is 1. The van der Waals surface area contributed by atoms with Crippen molar-refractivity contribution in [2.45, 2.75) is 0 Å². The normalized spacial score (nSPS) is 10.8. The molecule has 2 amide bonds. The average Bonchev–Trinajstić information content (AvgIpc) is 2.95. The van der Waals surface area contributed by atoms with Gasteiger partial charge in [-0.05, 0) is 48.5 Å². The number of fused-ring (bicyclic) bond motifs is 3. The Kier molecular flexibility index (Phi) is 3.31. The van der Waals surface area contributed by atoms with Crippen LogP contribution in [0, 0.1) is 0 Å². The first-order valence-corrected chi connectivity index (χ1v) is 7.63. The fraction of sp³-hybridized carbons (Fsp3) is 0. The van der Waals surface area contributed by atoms with Gasteiger partial charge in [-0.25, -0.2) is 4.79 Å². The maximum Gasteiger partial charge on any atom is 0.323 e. The van der Waals surface area contributed by atoms with Crippen molar-refractivity contribution in [3.8, 4) is 0 Å². The van der Waals surface area contributed by atoms with Gasteiger partial charge in [0, 0.05) is 38.9 Å². The van der Waals surface area contributed by atoms with Gasteiger partial charge < -0.3 is 21.4 Å². The maximum absolute atomic E-state index is 12.1. The third kappa shape index (κ3) is 2.63. The summed E-state index contributed by atoms with van der Waals surface area (Å²) in [5, 5.41) is 7.85. The molecule has 5 heteroatoms. The molecule has 4 rings (SSSR count). The molecule has 0 aliphatic carbocycles. The van der Waals surface area contributed by atoms with Gasteiger partial charge in [-0.2, -0.15) is 0 Å². The van der Waals surface area contributed by atoms with E-state index in [4.69, 9.17) is 5.73 Å². The number of urea groups is 1. The molecule has 1 heterocycles. The second-order valence-corrected chi connectivity index (χ2v) is 5.63. The summed E-state index contributed by atoms with van der Waals surface area (Å²) < 4.78 is 0. The summed E-state index contributed by atoms with van der Waals surface area (Å²) >= 11 is 0. The topological polar surface area (TPSA) is 82.9 Å². The number of benzene rings is 3. The Bertz CT molecular complexity index is 1030. The zero-order valence-electron chi connectivity index (χ0n) is 12.8. The number of aromatic amines is 1. The minimum absolute atomic E-state index is 0.293. The summed E-state index contributed by atoms with van der Waals surface area (Å²) in [4.78, 5) is 15.5. The Morgan fingerprint density at radius 1 is 0.792 bits per heavy atom. The van der Waals surface area contributed by atoms with Crippen LogP contribution in [0.3, 0.4) is 0 Å². The maximum atomic E-state index is 12.1. The molecule has 0 unspecified atom stereocenters. The smallest absolute Gasteiger partial charge is 0.323 e. The Morgan fingerprint density at radius 3 is 2.29 bits per heavy atom. The highest BCUT2D eigenvalue weighted by atomic mass is 16.2. The number of carbonyl (C=O) groups excluding carboxylic acids is 1. The van der Waals surface area contributed by atoms with Crippen LogP contribution in [0.15, 0.2) is 66.7 Å². The average molecular weight is 316 g/mol. The number of nitrogens with one attached hydrogen (secondary N) is 3. The summed E-state index contributed by atoms with van der Waals surface area (Å²) in [7, 11) is 0. The van der Waals surface area contributed by atoms with E-state index in [9.17, 15) is 4.79 Å². The molecule has 1 aromatic heterocycles. The van der Waals surface area contributed by atoms with Crippen LogP contribution in [-0.4, -0.2) is 11.0 Å². The van der Waals surface area contributed by atoms with Crippen molar-refractivity contribution in [2.24, 2.45) is 0 Å². The molecule has 118 valence electrons. The van der Waals surface area contributed by atoms with Gasteiger partial charge in [-0.15, -0.1) is 0 Å². The molecular weight excluding hydrogens is 300 g/mol. The predicted molar refractivity (Wildman–Crippen MR) is 99.3 cm³/mol. The molecule has 0 bridgehead atoms. The quantitative estimate of drug-likeness (QED) is 0.409. The second-order valence-electron chi connectivity index (χ2n) is 5.63. The van der Waals surface area contributed by atoms with Gasteiger partial charge in [0.1, 0.15) is 0 Å². The predicted octanol–water partition coefficient (Wildman–Crippen LogP) is 4.55. The third-order valence-electron chi connectivity index (χ3n) is 3.93. The lowest BCUT2D eigenvalue weighted by atomic mass is 10.1. The van der Waals surface area contributed by atoms with E-state index < -0.39 is 0 Å². The number of hydrogen-bond donors (Lipinski definition) is 4. The minimum atomic E-state index is -0.293. The zero-order chi connectivity index (χ0) is 16.5. The summed E-state index contributed by atoms with van der Waals surface area (Å²) in [5.74, 6) is 0. The number of hydrogen-bond acceptors (Lipinski definition) is 2. The van der Waals surface area contributed by atoms with E-state index in [1.54, 1.807) is 24.3 Å². The molecule has 5 N–H and O–H groups in total. The molecule has 24 heavy (non-hydrogen) atoms. The lowest BCUT2D eigenvalue weighted by Crippen LogP contribution is -2.19. The zero-order valence-corrected chi connectivity index (χ0v) is 12.8. The molecule has 0 fully saturated rings. The highest BCUT2D eigenvalue weighted by Gasteiger charge is 2.07. The van der Waals surface area contributed by atoms with E-state index in [-0.39, 0.29) is 6.03 Å². The third-order valence-corrected chi connectivity index (χ3v) is 3.93. The summed E-state index contributed by atoms with van der Waals surface area (Å²) in [5.41, 5.74) is 9.84. The Hall–Kier alpha value is -3.47. The van der Waals surface area contributed by atoms with Crippen molar-refractivity contribution in [2.75, 3.05) is 16.4 Å². The van der Waals surface area contributed by atoms with E-state index in [1.807, 2.05) is 36.4 Å². The number of amides is 2. The molecular formula is C19H16N4O. The monoisotopic (exact) mass is 316 g/mol. The van der Waals surface area contributed by atoms with Crippen LogP contribution < -0.4 is 16.4 Å². The van der Waals surface area contributed by atoms with Gasteiger partial charge >= 0.3 is 6.03 Å². The first-order chi connectivity index (χ1) is 11.7. The van der Waals surface area contributed by atoms with E-state index >= 15 is 0 Å². The number of aromatic nitrogens is 1. The van der Waals surface area contributed by atoms with Crippen molar-refractivity contribution in [1.29, 1.82) is 0 Å². The van der Waals surface area contributed by atoms with Gasteiger partial charge in [0.25, 0.3) is 0 Å². The van der Waals surface area contributed by atoms with Gasteiger partial charge in [-0.3, -0.25) is 0 Å². The molecule has 5 nitrogen and oxygen atoms in total. The summed E-state index contributed by atoms with van der Waals surface area (Å²) in [6.45, 7) is 0. The van der Waals surface area contributed by atoms with Crippen LogP contribution in [0.5, 0.6) is 0 Å². The molecule has 0 atom stereocenters. The summed E-state index contributed by atoms with van der Waals surface area (Å²) in [6.07, 6.45) is 0. The van der Waals surface area contributed by atoms with Crippen LogP contribution >= 0.6 is 0 Å². The van der Waals surface area contributed by atoms with Crippen LogP contribution in [-0.2, 0) is 0 Å². The number of nitrogen functional groups attached to an aromatic ring is 1. The molecule has 4 aromatic rings. The number of rotatable bonds is 2. The molecule has 3 aromatic carbocycles. The lowest BCUT2D eigenvalue weighted by Gasteiger charge is -2.08. The molecule has 0 saturated carbocycles. The largest absolute Gasteiger partial charge is 0.399 e. The van der Waals surface area contributed by atoms with Crippen LogP contribution in [0.1, 0.15) is 0 Å². The van der Waals surface area contributed by atoms with E-state index in [0.717, 1.165) is 27.5 Å². The lowest BCUT2D eigenvalue weighted by molar-refractivity contribution is 0.262. The number of anilines is 3.